The van der Waals surface area contributed by atoms with E-state index < -0.39 is 0 Å². The van der Waals surface area contributed by atoms with Gasteiger partial charge in [0.25, 0.3) is 0 Å². The summed E-state index contributed by atoms with van der Waals surface area (Å²) in [5, 5.41) is 9.05. The second-order valence-corrected chi connectivity index (χ2v) is 5.44. The molecule has 0 saturated heterocycles. The van der Waals surface area contributed by atoms with Gasteiger partial charge >= 0.3 is 0 Å². The molecule has 2 rings (SSSR count). The zero-order chi connectivity index (χ0) is 14.2. The summed E-state index contributed by atoms with van der Waals surface area (Å²) in [6.07, 6.45) is 1.65. The standard InChI is InChI=1S/C15H14ClN3S/c16-14-8-6-12(7-9-14)10-18-19-15(17)20-11-13-4-2-1-3-5-13/h1-10H,11H2,(H2,17,19)/b18-10-. The van der Waals surface area contributed by atoms with Gasteiger partial charge in [-0.1, -0.05) is 65.8 Å². The molecule has 0 bridgehead atoms. The van der Waals surface area contributed by atoms with Crippen LogP contribution in [0, 0.1) is 0 Å². The quantitative estimate of drug-likeness (QED) is 0.529. The molecule has 2 N–H and O–H groups in total. The third kappa shape index (κ3) is 5.07. The first-order valence-electron chi connectivity index (χ1n) is 6.03. The van der Waals surface area contributed by atoms with Gasteiger partial charge in [-0.05, 0) is 23.3 Å². The van der Waals surface area contributed by atoms with Crippen molar-refractivity contribution in [3.63, 3.8) is 0 Å². The molecular formula is C15H14ClN3S. The highest BCUT2D eigenvalue weighted by atomic mass is 35.5. The third-order valence-corrected chi connectivity index (χ3v) is 3.57. The van der Waals surface area contributed by atoms with E-state index in [0.717, 1.165) is 11.3 Å². The van der Waals surface area contributed by atoms with Crippen molar-refractivity contribution < 1.29 is 0 Å². The van der Waals surface area contributed by atoms with Crippen molar-refractivity contribution >= 4 is 34.7 Å². The Labute approximate surface area is 127 Å². The molecule has 0 saturated carbocycles. The molecule has 0 fully saturated rings. The first-order chi connectivity index (χ1) is 9.74. The number of halogens is 1. The van der Waals surface area contributed by atoms with E-state index >= 15 is 0 Å². The monoisotopic (exact) mass is 303 g/mol. The Morgan fingerprint density at radius 2 is 1.80 bits per heavy atom. The number of nitrogens with zero attached hydrogens (tertiary/aromatic N) is 2. The van der Waals surface area contributed by atoms with Gasteiger partial charge in [0.05, 0.1) is 6.21 Å². The molecule has 2 aromatic rings. The van der Waals surface area contributed by atoms with Gasteiger partial charge in [0.1, 0.15) is 0 Å². The van der Waals surface area contributed by atoms with E-state index in [1.165, 1.54) is 17.3 Å². The fourth-order valence-corrected chi connectivity index (χ4v) is 2.20. The Morgan fingerprint density at radius 1 is 1.10 bits per heavy atom. The zero-order valence-corrected chi connectivity index (χ0v) is 12.3. The second kappa shape index (κ2) is 7.72. The molecule has 0 aliphatic rings. The molecule has 0 heterocycles. The van der Waals surface area contributed by atoms with Crippen molar-refractivity contribution in [2.24, 2.45) is 15.9 Å². The van der Waals surface area contributed by atoms with Gasteiger partial charge in [0, 0.05) is 10.8 Å². The van der Waals surface area contributed by atoms with Gasteiger partial charge in [0.15, 0.2) is 5.17 Å². The average Bonchev–Trinajstić information content (AvgIpc) is 2.48. The Kier molecular flexibility index (Phi) is 5.65. The highest BCUT2D eigenvalue weighted by Crippen LogP contribution is 2.11. The lowest BCUT2D eigenvalue weighted by atomic mass is 10.2. The molecule has 0 radical (unpaired) electrons. The molecule has 3 nitrogen and oxygen atoms in total. The van der Waals surface area contributed by atoms with Crippen LogP contribution in [0.4, 0.5) is 0 Å². The van der Waals surface area contributed by atoms with E-state index in [4.69, 9.17) is 17.3 Å². The Hall–Kier alpha value is -1.78. The van der Waals surface area contributed by atoms with Crippen molar-refractivity contribution in [1.29, 1.82) is 0 Å². The van der Waals surface area contributed by atoms with Gasteiger partial charge in [-0.15, -0.1) is 5.10 Å². The van der Waals surface area contributed by atoms with Crippen LogP contribution in [0.15, 0.2) is 64.8 Å². The minimum absolute atomic E-state index is 0.444. The molecule has 0 aliphatic carbocycles. The van der Waals surface area contributed by atoms with Gasteiger partial charge in [-0.2, -0.15) is 5.10 Å². The van der Waals surface area contributed by atoms with E-state index in [0.29, 0.717) is 10.2 Å². The van der Waals surface area contributed by atoms with E-state index in [1.807, 2.05) is 30.3 Å². The highest BCUT2D eigenvalue weighted by molar-refractivity contribution is 8.13. The van der Waals surface area contributed by atoms with Crippen LogP contribution in [0.5, 0.6) is 0 Å². The Bertz CT molecular complexity index is 594. The number of benzene rings is 2. The highest BCUT2D eigenvalue weighted by Gasteiger charge is 1.95. The van der Waals surface area contributed by atoms with Gasteiger partial charge in [-0.25, -0.2) is 0 Å². The minimum Gasteiger partial charge on any atom is -0.377 e. The lowest BCUT2D eigenvalue weighted by molar-refractivity contribution is 1.25. The van der Waals surface area contributed by atoms with Crippen LogP contribution in [0.3, 0.4) is 0 Å². The summed E-state index contributed by atoms with van der Waals surface area (Å²) >= 11 is 7.26. The van der Waals surface area contributed by atoms with E-state index in [9.17, 15) is 0 Å². The second-order valence-electron chi connectivity index (χ2n) is 4.01. The molecule has 20 heavy (non-hydrogen) atoms. The summed E-state index contributed by atoms with van der Waals surface area (Å²) in [5.74, 6) is 0.784. The summed E-state index contributed by atoms with van der Waals surface area (Å²) in [7, 11) is 0. The molecule has 5 heteroatoms. The van der Waals surface area contributed by atoms with Crippen molar-refractivity contribution in [2.45, 2.75) is 5.75 Å². The van der Waals surface area contributed by atoms with Crippen LogP contribution in [-0.2, 0) is 5.75 Å². The van der Waals surface area contributed by atoms with E-state index in [2.05, 4.69) is 22.3 Å². The maximum absolute atomic E-state index is 5.80. The van der Waals surface area contributed by atoms with E-state index in [-0.39, 0.29) is 0 Å². The maximum Gasteiger partial charge on any atom is 0.180 e. The van der Waals surface area contributed by atoms with Crippen molar-refractivity contribution in [3.05, 3.63) is 70.7 Å². The number of hydrogen-bond acceptors (Lipinski definition) is 3. The lowest BCUT2D eigenvalue weighted by Crippen LogP contribution is -2.05. The first kappa shape index (κ1) is 14.6. The summed E-state index contributed by atoms with van der Waals surface area (Å²) in [4.78, 5) is 0. The van der Waals surface area contributed by atoms with Crippen LogP contribution in [-0.4, -0.2) is 11.4 Å². The molecule has 2 aromatic carbocycles. The molecule has 0 aromatic heterocycles. The molecule has 0 amide bonds. The molecule has 0 atom stereocenters. The first-order valence-corrected chi connectivity index (χ1v) is 7.39. The smallest absolute Gasteiger partial charge is 0.180 e. The molecular weight excluding hydrogens is 290 g/mol. The van der Waals surface area contributed by atoms with Crippen LogP contribution < -0.4 is 5.73 Å². The summed E-state index contributed by atoms with van der Waals surface area (Å²) < 4.78 is 0. The fraction of sp³-hybridized carbons (Fsp3) is 0.0667. The molecule has 0 spiro atoms. The van der Waals surface area contributed by atoms with Crippen LogP contribution in [0.1, 0.15) is 11.1 Å². The van der Waals surface area contributed by atoms with Crippen molar-refractivity contribution in [1.82, 2.24) is 0 Å². The zero-order valence-electron chi connectivity index (χ0n) is 10.7. The molecule has 0 aliphatic heterocycles. The normalized spacial score (nSPS) is 11.9. The number of hydrogen-bond donors (Lipinski definition) is 1. The Balaban J connectivity index is 1.86. The number of nitrogens with two attached hydrogens (primary N) is 1. The van der Waals surface area contributed by atoms with Crippen LogP contribution >= 0.6 is 23.4 Å². The number of rotatable bonds is 4. The summed E-state index contributed by atoms with van der Waals surface area (Å²) in [5.41, 5.74) is 7.92. The molecule has 102 valence electrons. The maximum atomic E-state index is 5.80. The third-order valence-electron chi connectivity index (χ3n) is 2.46. The van der Waals surface area contributed by atoms with Crippen LogP contribution in [0.2, 0.25) is 5.02 Å². The van der Waals surface area contributed by atoms with Crippen molar-refractivity contribution in [3.8, 4) is 0 Å². The van der Waals surface area contributed by atoms with Crippen LogP contribution in [0.25, 0.3) is 0 Å². The average molecular weight is 304 g/mol. The van der Waals surface area contributed by atoms with E-state index in [1.54, 1.807) is 18.3 Å². The topological polar surface area (TPSA) is 50.7 Å². The number of thioether (sulfide) groups is 1. The minimum atomic E-state index is 0.444. The predicted octanol–water partition coefficient (Wildman–Crippen LogP) is 3.92. The lowest BCUT2D eigenvalue weighted by Gasteiger charge is -1.99. The largest absolute Gasteiger partial charge is 0.377 e. The van der Waals surface area contributed by atoms with Gasteiger partial charge in [0.2, 0.25) is 0 Å². The predicted molar refractivity (Wildman–Crippen MR) is 88.4 cm³/mol. The fourth-order valence-electron chi connectivity index (χ4n) is 1.46. The van der Waals surface area contributed by atoms with Gasteiger partial charge < -0.3 is 5.73 Å². The summed E-state index contributed by atoms with van der Waals surface area (Å²) in [6.45, 7) is 0. The Morgan fingerprint density at radius 3 is 2.50 bits per heavy atom. The van der Waals surface area contributed by atoms with Gasteiger partial charge in [-0.3, -0.25) is 0 Å². The number of amidine groups is 1. The van der Waals surface area contributed by atoms with Crippen molar-refractivity contribution in [2.75, 3.05) is 0 Å². The molecule has 0 unspecified atom stereocenters. The SMILES string of the molecule is N/C(=N/N=C\c1ccc(Cl)cc1)SCc1ccccc1. The summed E-state index contributed by atoms with van der Waals surface area (Å²) in [6, 6.07) is 17.4.